The maximum absolute atomic E-state index is 13.1. The Bertz CT molecular complexity index is 1370. The molecule has 34 heavy (non-hydrogen) atoms. The van der Waals surface area contributed by atoms with E-state index in [4.69, 9.17) is 5.73 Å². The Morgan fingerprint density at radius 1 is 0.941 bits per heavy atom. The van der Waals surface area contributed by atoms with Crippen LogP contribution < -0.4 is 15.9 Å². The summed E-state index contributed by atoms with van der Waals surface area (Å²) < 4.78 is 1.32. The molecule has 3 aromatic rings. The first-order valence-electron chi connectivity index (χ1n) is 10.3. The van der Waals surface area contributed by atoms with Gasteiger partial charge in [-0.25, -0.2) is 4.79 Å². The van der Waals surface area contributed by atoms with Crippen LogP contribution in [0, 0.1) is 5.92 Å². The van der Waals surface area contributed by atoms with E-state index >= 15 is 0 Å². The lowest BCUT2D eigenvalue weighted by atomic mass is 9.83. The van der Waals surface area contributed by atoms with Crippen molar-refractivity contribution in [1.82, 2.24) is 9.47 Å². The normalized spacial score (nSPS) is 21.2. The van der Waals surface area contributed by atoms with E-state index in [2.05, 4.69) is 5.32 Å². The van der Waals surface area contributed by atoms with Crippen molar-refractivity contribution in [2.45, 2.75) is 22.7 Å². The number of hydrogen-bond donors (Lipinski definition) is 2. The summed E-state index contributed by atoms with van der Waals surface area (Å²) in [5.74, 6) is -3.30. The van der Waals surface area contributed by atoms with Crippen LogP contribution in [0.1, 0.15) is 16.4 Å². The molecule has 2 aromatic carbocycles. The second-order valence-corrected chi connectivity index (χ2v) is 9.96. The molecule has 2 aliphatic rings. The summed E-state index contributed by atoms with van der Waals surface area (Å²) in [4.78, 5) is 64.3. The first kappa shape index (κ1) is 22.1. The average molecular weight is 495 g/mol. The van der Waals surface area contributed by atoms with Crippen LogP contribution in [0.2, 0.25) is 0 Å². The summed E-state index contributed by atoms with van der Waals surface area (Å²) in [6, 6.07) is 16.7. The fourth-order valence-corrected chi connectivity index (χ4v) is 7.13. The highest BCUT2D eigenvalue weighted by molar-refractivity contribution is 8.00. The SMILES string of the molecule is NC(=O)N1C(=O)C2Sc3c(sc(=O)n3CC(=O)Nc3ccccc3)C(c3ccccc3)C2C1=O. The number of carbonyl (C=O) groups excluding carboxylic acids is 4. The number of thioether (sulfide) groups is 1. The number of carbonyl (C=O) groups is 4. The summed E-state index contributed by atoms with van der Waals surface area (Å²) in [6.07, 6.45) is 0. The van der Waals surface area contributed by atoms with Gasteiger partial charge in [-0.15, -0.1) is 0 Å². The smallest absolute Gasteiger partial charge is 0.328 e. The van der Waals surface area contributed by atoms with Gasteiger partial charge in [-0.2, -0.15) is 4.90 Å². The highest BCUT2D eigenvalue weighted by atomic mass is 32.2. The van der Waals surface area contributed by atoms with Crippen LogP contribution >= 0.6 is 23.1 Å². The van der Waals surface area contributed by atoms with Gasteiger partial charge >= 0.3 is 10.9 Å². The number of urea groups is 1. The number of amides is 5. The summed E-state index contributed by atoms with van der Waals surface area (Å²) >= 11 is 1.97. The van der Waals surface area contributed by atoms with Gasteiger partial charge in [-0.3, -0.25) is 23.7 Å². The lowest BCUT2D eigenvalue weighted by Crippen LogP contribution is -2.41. The van der Waals surface area contributed by atoms with Crippen LogP contribution in [0.5, 0.6) is 0 Å². The number of rotatable bonds is 4. The standard InChI is InChI=1S/C23H18N4O5S2/c24-22(31)27-19(29)16-15(12-7-3-1-4-8-12)18-21(33-17(16)20(27)30)26(23(32)34-18)11-14(28)25-13-9-5-2-6-10-13/h1-10,15-17H,11H2,(H2,24,31)(H,25,28). The molecule has 0 aliphatic carbocycles. The number of nitrogens with one attached hydrogen (secondary N) is 1. The Kier molecular flexibility index (Phi) is 5.58. The number of primary amides is 1. The molecule has 5 amide bonds. The van der Waals surface area contributed by atoms with Crippen LogP contribution in [0.15, 0.2) is 70.5 Å². The lowest BCUT2D eigenvalue weighted by Gasteiger charge is -2.30. The van der Waals surface area contributed by atoms with Gasteiger partial charge < -0.3 is 11.1 Å². The summed E-state index contributed by atoms with van der Waals surface area (Å²) in [5, 5.41) is 2.26. The number of thiazole rings is 1. The van der Waals surface area contributed by atoms with Crippen LogP contribution in [-0.2, 0) is 20.9 Å². The third-order valence-electron chi connectivity index (χ3n) is 5.79. The Hall–Kier alpha value is -3.70. The number of imide groups is 3. The number of benzene rings is 2. The maximum atomic E-state index is 13.1. The van der Waals surface area contributed by atoms with Gasteiger partial charge in [0.05, 0.1) is 10.9 Å². The first-order valence-corrected chi connectivity index (χ1v) is 12.0. The molecule has 3 heterocycles. The van der Waals surface area contributed by atoms with Crippen molar-refractivity contribution in [3.63, 3.8) is 0 Å². The molecule has 1 aromatic heterocycles. The van der Waals surface area contributed by atoms with E-state index in [0.717, 1.165) is 28.7 Å². The van der Waals surface area contributed by atoms with Crippen molar-refractivity contribution in [2.75, 3.05) is 5.32 Å². The Morgan fingerprint density at radius 3 is 2.24 bits per heavy atom. The molecule has 1 fully saturated rings. The topological polar surface area (TPSA) is 132 Å². The van der Waals surface area contributed by atoms with Gasteiger partial charge in [-0.05, 0) is 17.7 Å². The molecule has 0 spiro atoms. The quantitative estimate of drug-likeness (QED) is 0.535. The number of fused-ring (bicyclic) bond motifs is 2. The molecule has 11 heteroatoms. The van der Waals surface area contributed by atoms with E-state index in [1.807, 2.05) is 24.3 Å². The van der Waals surface area contributed by atoms with Crippen molar-refractivity contribution in [2.24, 2.45) is 11.7 Å². The summed E-state index contributed by atoms with van der Waals surface area (Å²) in [6.45, 7) is -0.257. The minimum absolute atomic E-state index is 0.257. The second-order valence-electron chi connectivity index (χ2n) is 7.84. The summed E-state index contributed by atoms with van der Waals surface area (Å²) in [7, 11) is 0. The zero-order chi connectivity index (χ0) is 24.0. The number of para-hydroxylation sites is 1. The van der Waals surface area contributed by atoms with Crippen LogP contribution in [0.25, 0.3) is 0 Å². The minimum atomic E-state index is -1.13. The van der Waals surface area contributed by atoms with Gasteiger partial charge in [0.2, 0.25) is 11.8 Å². The zero-order valence-corrected chi connectivity index (χ0v) is 19.2. The predicted octanol–water partition coefficient (Wildman–Crippen LogP) is 2.22. The van der Waals surface area contributed by atoms with Crippen LogP contribution in [-0.4, -0.2) is 38.5 Å². The monoisotopic (exact) mass is 494 g/mol. The Morgan fingerprint density at radius 2 is 1.59 bits per heavy atom. The lowest BCUT2D eigenvalue weighted by molar-refractivity contribution is -0.135. The number of likely N-dealkylation sites (tertiary alicyclic amines) is 1. The minimum Gasteiger partial charge on any atom is -0.351 e. The molecule has 5 rings (SSSR count). The molecule has 0 radical (unpaired) electrons. The third kappa shape index (κ3) is 3.62. The van der Waals surface area contributed by atoms with Gasteiger partial charge in [0.1, 0.15) is 11.8 Å². The fourth-order valence-electron chi connectivity index (χ4n) is 4.36. The maximum Gasteiger partial charge on any atom is 0.328 e. The zero-order valence-electron chi connectivity index (χ0n) is 17.5. The third-order valence-corrected chi connectivity index (χ3v) is 8.39. The molecule has 3 unspecified atom stereocenters. The van der Waals surface area contributed by atoms with Crippen molar-refractivity contribution in [1.29, 1.82) is 0 Å². The van der Waals surface area contributed by atoms with Crippen LogP contribution in [0.3, 0.4) is 0 Å². The number of nitrogens with two attached hydrogens (primary N) is 1. The molecule has 3 atom stereocenters. The van der Waals surface area contributed by atoms with Gasteiger partial charge in [0, 0.05) is 16.5 Å². The molecule has 2 aliphatic heterocycles. The highest BCUT2D eigenvalue weighted by Crippen LogP contribution is 2.53. The summed E-state index contributed by atoms with van der Waals surface area (Å²) in [5.41, 5.74) is 6.64. The van der Waals surface area contributed by atoms with E-state index in [-0.39, 0.29) is 11.4 Å². The Balaban J connectivity index is 1.57. The van der Waals surface area contributed by atoms with Crippen molar-refractivity contribution in [3.05, 3.63) is 80.8 Å². The van der Waals surface area contributed by atoms with Crippen molar-refractivity contribution in [3.8, 4) is 0 Å². The molecule has 1 saturated heterocycles. The van der Waals surface area contributed by atoms with E-state index < -0.39 is 40.8 Å². The van der Waals surface area contributed by atoms with E-state index in [0.29, 0.717) is 20.5 Å². The molecule has 0 saturated carbocycles. The van der Waals surface area contributed by atoms with Crippen molar-refractivity contribution < 1.29 is 19.2 Å². The molecule has 9 nitrogen and oxygen atoms in total. The molecular weight excluding hydrogens is 476 g/mol. The molecule has 3 N–H and O–H groups in total. The van der Waals surface area contributed by atoms with E-state index in [1.54, 1.807) is 36.4 Å². The second kappa shape index (κ2) is 8.58. The van der Waals surface area contributed by atoms with Crippen LogP contribution in [0.4, 0.5) is 10.5 Å². The number of hydrogen-bond acceptors (Lipinski definition) is 7. The average Bonchev–Trinajstić information content (AvgIpc) is 3.26. The predicted molar refractivity (Wildman–Crippen MR) is 127 cm³/mol. The van der Waals surface area contributed by atoms with E-state index in [9.17, 15) is 24.0 Å². The van der Waals surface area contributed by atoms with Gasteiger partial charge in [0.15, 0.2) is 0 Å². The van der Waals surface area contributed by atoms with Gasteiger partial charge in [0.25, 0.3) is 5.91 Å². The molecule has 0 bridgehead atoms. The molecular formula is C23H18N4O5S2. The fraction of sp³-hybridized carbons (Fsp3) is 0.174. The number of anilines is 1. The largest absolute Gasteiger partial charge is 0.351 e. The molecule has 172 valence electrons. The number of aromatic nitrogens is 1. The van der Waals surface area contributed by atoms with Gasteiger partial charge in [-0.1, -0.05) is 71.6 Å². The van der Waals surface area contributed by atoms with E-state index in [1.165, 1.54) is 4.57 Å². The first-order chi connectivity index (χ1) is 16.4. The Labute approximate surface area is 201 Å². The number of nitrogens with zero attached hydrogens (tertiary/aromatic N) is 2. The van der Waals surface area contributed by atoms with Crippen molar-refractivity contribution >= 4 is 52.5 Å². The highest BCUT2D eigenvalue weighted by Gasteiger charge is 2.57.